The van der Waals surface area contributed by atoms with E-state index in [9.17, 15) is 5.11 Å². The summed E-state index contributed by atoms with van der Waals surface area (Å²) in [6.07, 6.45) is 8.76. The molecule has 0 amide bonds. The van der Waals surface area contributed by atoms with Crippen LogP contribution in [0.3, 0.4) is 0 Å². The molecule has 5 heteroatoms. The lowest BCUT2D eigenvalue weighted by Gasteiger charge is -2.48. The number of halogens is 1. The van der Waals surface area contributed by atoms with Gasteiger partial charge >= 0.3 is 0 Å². The highest BCUT2D eigenvalue weighted by Gasteiger charge is 2.59. The van der Waals surface area contributed by atoms with Crippen molar-refractivity contribution in [2.45, 2.75) is 74.5 Å². The fourth-order valence-electron chi connectivity index (χ4n) is 5.63. The standard InChI is InChI=1S/C18H29ClN2O2/c1-23-12-5-6-13(10-2-3-10)14(9-12)18(22)15-8-11(19)4-7-16(15)21-17(18)20/h10-16,22H,2-9H2,1H3,(H2,20,21). The van der Waals surface area contributed by atoms with E-state index in [-0.39, 0.29) is 29.4 Å². The molecule has 23 heavy (non-hydrogen) atoms. The van der Waals surface area contributed by atoms with Crippen LogP contribution in [0.5, 0.6) is 0 Å². The Hall–Kier alpha value is -0.320. The number of fused-ring (bicyclic) bond motifs is 1. The van der Waals surface area contributed by atoms with Crippen molar-refractivity contribution in [3.8, 4) is 0 Å². The van der Waals surface area contributed by atoms with Gasteiger partial charge in [0.25, 0.3) is 0 Å². The summed E-state index contributed by atoms with van der Waals surface area (Å²) in [6, 6.07) is 0.165. The van der Waals surface area contributed by atoms with Crippen LogP contribution in [0.1, 0.15) is 51.4 Å². The van der Waals surface area contributed by atoms with Crippen LogP contribution in [0.2, 0.25) is 0 Å². The molecule has 3 saturated carbocycles. The summed E-state index contributed by atoms with van der Waals surface area (Å²) in [5.74, 6) is 2.08. The van der Waals surface area contributed by atoms with Gasteiger partial charge in [-0.3, -0.25) is 4.99 Å². The van der Waals surface area contributed by atoms with E-state index in [1.54, 1.807) is 7.11 Å². The fourth-order valence-corrected chi connectivity index (χ4v) is 5.95. The molecule has 130 valence electrons. The third-order valence-electron chi connectivity index (χ3n) is 7.01. The van der Waals surface area contributed by atoms with Gasteiger partial charge in [-0.15, -0.1) is 11.6 Å². The van der Waals surface area contributed by atoms with Gasteiger partial charge < -0.3 is 15.6 Å². The fraction of sp³-hybridized carbons (Fsp3) is 0.944. The second kappa shape index (κ2) is 5.89. The van der Waals surface area contributed by atoms with Crippen molar-refractivity contribution in [3.63, 3.8) is 0 Å². The van der Waals surface area contributed by atoms with Crippen molar-refractivity contribution < 1.29 is 9.84 Å². The van der Waals surface area contributed by atoms with E-state index in [0.717, 1.165) is 44.4 Å². The Morgan fingerprint density at radius 3 is 2.61 bits per heavy atom. The molecule has 0 aromatic heterocycles. The molecule has 0 saturated heterocycles. The first-order valence-electron chi connectivity index (χ1n) is 9.27. The number of aliphatic hydroxyl groups is 1. The van der Waals surface area contributed by atoms with Gasteiger partial charge in [0.05, 0.1) is 12.1 Å². The Morgan fingerprint density at radius 2 is 1.91 bits per heavy atom. The summed E-state index contributed by atoms with van der Waals surface area (Å²) in [5.41, 5.74) is 5.37. The van der Waals surface area contributed by atoms with Crippen molar-refractivity contribution in [1.29, 1.82) is 0 Å². The van der Waals surface area contributed by atoms with Crippen LogP contribution in [-0.2, 0) is 4.74 Å². The van der Waals surface area contributed by atoms with Crippen LogP contribution < -0.4 is 5.73 Å². The Balaban J connectivity index is 1.65. The number of hydrogen-bond acceptors (Lipinski definition) is 4. The van der Waals surface area contributed by atoms with Crippen molar-refractivity contribution in [2.24, 2.45) is 34.4 Å². The van der Waals surface area contributed by atoms with Crippen molar-refractivity contribution in [3.05, 3.63) is 0 Å². The Bertz CT molecular complexity index is 495. The molecule has 3 fully saturated rings. The van der Waals surface area contributed by atoms with E-state index in [1.165, 1.54) is 12.8 Å². The predicted octanol–water partition coefficient (Wildman–Crippen LogP) is 2.71. The monoisotopic (exact) mass is 340 g/mol. The number of nitrogens with two attached hydrogens (primary N) is 1. The SMILES string of the molecule is COC1CCC(C2CC2)C(C2(O)C(N)=NC3CCC(Cl)CC32)C1. The molecule has 3 aliphatic carbocycles. The van der Waals surface area contributed by atoms with E-state index in [4.69, 9.17) is 22.1 Å². The maximum atomic E-state index is 11.8. The average Bonchev–Trinajstić information content (AvgIpc) is 3.36. The van der Waals surface area contributed by atoms with Crippen LogP contribution in [-0.4, -0.2) is 41.2 Å². The predicted molar refractivity (Wildman–Crippen MR) is 91.7 cm³/mol. The summed E-state index contributed by atoms with van der Waals surface area (Å²) in [4.78, 5) is 4.68. The summed E-state index contributed by atoms with van der Waals surface area (Å²) < 4.78 is 5.65. The Labute approximate surface area is 143 Å². The first-order valence-corrected chi connectivity index (χ1v) is 9.70. The number of methoxy groups -OCH3 is 1. The lowest BCUT2D eigenvalue weighted by Crippen LogP contribution is -2.58. The lowest BCUT2D eigenvalue weighted by molar-refractivity contribution is -0.0851. The molecule has 0 aromatic carbocycles. The summed E-state index contributed by atoms with van der Waals surface area (Å²) in [6.45, 7) is 0. The number of aliphatic imine (C=N–C) groups is 1. The third kappa shape index (κ3) is 2.61. The quantitative estimate of drug-likeness (QED) is 0.776. The van der Waals surface area contributed by atoms with E-state index in [2.05, 4.69) is 4.99 Å². The van der Waals surface area contributed by atoms with E-state index in [0.29, 0.717) is 11.8 Å². The highest BCUT2D eigenvalue weighted by Crippen LogP contribution is 2.55. The van der Waals surface area contributed by atoms with Gasteiger partial charge in [0.15, 0.2) is 0 Å². The minimum Gasteiger partial charge on any atom is -0.385 e. The number of alkyl halides is 1. The number of nitrogens with zero attached hydrogens (tertiary/aromatic N) is 1. The van der Waals surface area contributed by atoms with E-state index >= 15 is 0 Å². The molecule has 3 N–H and O–H groups in total. The van der Waals surface area contributed by atoms with Gasteiger partial charge in [-0.05, 0) is 63.2 Å². The highest BCUT2D eigenvalue weighted by molar-refractivity contribution is 6.20. The molecule has 0 radical (unpaired) electrons. The zero-order valence-electron chi connectivity index (χ0n) is 14.0. The molecule has 4 aliphatic rings. The van der Waals surface area contributed by atoms with Crippen LogP contribution in [0.25, 0.3) is 0 Å². The van der Waals surface area contributed by atoms with E-state index < -0.39 is 5.60 Å². The minimum atomic E-state index is -0.970. The van der Waals surface area contributed by atoms with Crippen molar-refractivity contribution in [1.82, 2.24) is 0 Å². The molecule has 4 nitrogen and oxygen atoms in total. The molecule has 4 rings (SSSR count). The minimum absolute atomic E-state index is 0.0978. The smallest absolute Gasteiger partial charge is 0.129 e. The summed E-state index contributed by atoms with van der Waals surface area (Å²) >= 11 is 6.44. The first kappa shape index (κ1) is 16.2. The molecule has 0 aromatic rings. The second-order valence-electron chi connectivity index (χ2n) is 8.20. The third-order valence-corrected chi connectivity index (χ3v) is 7.41. The highest BCUT2D eigenvalue weighted by atomic mass is 35.5. The molecule has 7 atom stereocenters. The lowest BCUT2D eigenvalue weighted by atomic mass is 9.61. The molecular formula is C18H29ClN2O2. The number of hydrogen-bond donors (Lipinski definition) is 2. The van der Waals surface area contributed by atoms with Gasteiger partial charge in [-0.25, -0.2) is 0 Å². The number of ether oxygens (including phenoxy) is 1. The Morgan fingerprint density at radius 1 is 1.13 bits per heavy atom. The van der Waals surface area contributed by atoms with Crippen LogP contribution in [0.15, 0.2) is 4.99 Å². The molecule has 1 aliphatic heterocycles. The van der Waals surface area contributed by atoms with Gasteiger partial charge in [0.1, 0.15) is 11.4 Å². The van der Waals surface area contributed by atoms with E-state index in [1.807, 2.05) is 0 Å². The molecular weight excluding hydrogens is 312 g/mol. The first-order chi connectivity index (χ1) is 11.0. The topological polar surface area (TPSA) is 67.8 Å². The number of amidine groups is 1. The Kier molecular flexibility index (Phi) is 4.14. The molecule has 7 unspecified atom stereocenters. The van der Waals surface area contributed by atoms with Gasteiger partial charge in [-0.2, -0.15) is 0 Å². The van der Waals surface area contributed by atoms with Gasteiger partial charge in [0.2, 0.25) is 0 Å². The molecule has 0 spiro atoms. The average molecular weight is 341 g/mol. The normalized spacial score (nSPS) is 50.5. The van der Waals surface area contributed by atoms with Crippen molar-refractivity contribution >= 4 is 17.4 Å². The second-order valence-corrected chi connectivity index (χ2v) is 8.82. The van der Waals surface area contributed by atoms with Gasteiger partial charge in [0, 0.05) is 24.3 Å². The number of rotatable bonds is 3. The zero-order valence-corrected chi connectivity index (χ0v) is 14.7. The summed E-state index contributed by atoms with van der Waals surface area (Å²) in [5, 5.41) is 11.9. The summed E-state index contributed by atoms with van der Waals surface area (Å²) in [7, 11) is 1.79. The molecule has 1 heterocycles. The molecule has 0 bridgehead atoms. The van der Waals surface area contributed by atoms with Crippen molar-refractivity contribution in [2.75, 3.05) is 7.11 Å². The zero-order chi connectivity index (χ0) is 16.2. The van der Waals surface area contributed by atoms with Crippen LogP contribution in [0.4, 0.5) is 0 Å². The maximum Gasteiger partial charge on any atom is 0.129 e. The maximum absolute atomic E-state index is 11.8. The van der Waals surface area contributed by atoms with Crippen LogP contribution in [0, 0.1) is 23.7 Å². The van der Waals surface area contributed by atoms with Gasteiger partial charge in [-0.1, -0.05) is 0 Å². The largest absolute Gasteiger partial charge is 0.385 e. The van der Waals surface area contributed by atoms with Crippen LogP contribution >= 0.6 is 11.6 Å².